The quantitative estimate of drug-likeness (QED) is 0.582. The number of nitrogens with one attached hydrogen (secondary N) is 1. The molecule has 0 unspecified atom stereocenters. The second-order valence-electron chi connectivity index (χ2n) is 6.67. The van der Waals surface area contributed by atoms with Crippen molar-refractivity contribution >= 4 is 11.6 Å². The Hall–Kier alpha value is -3.28. The zero-order valence-electron chi connectivity index (χ0n) is 15.3. The number of aromatic nitrogens is 4. The van der Waals surface area contributed by atoms with Crippen LogP contribution in [0.15, 0.2) is 54.6 Å². The van der Waals surface area contributed by atoms with Crippen molar-refractivity contribution in [3.63, 3.8) is 0 Å². The number of aryl methyl sites for hydroxylation is 2. The molecule has 4 aromatic rings. The lowest BCUT2D eigenvalue weighted by molar-refractivity contribution is 0.625. The molecular weight excluding hydrogens is 341 g/mol. The Labute approximate surface area is 156 Å². The van der Waals surface area contributed by atoms with Crippen LogP contribution in [0.4, 0.5) is 10.2 Å². The van der Waals surface area contributed by atoms with Crippen LogP contribution in [-0.2, 0) is 13.0 Å². The van der Waals surface area contributed by atoms with E-state index in [-0.39, 0.29) is 5.82 Å². The third kappa shape index (κ3) is 3.95. The van der Waals surface area contributed by atoms with Gasteiger partial charge >= 0.3 is 0 Å². The molecule has 0 amide bonds. The molecule has 0 saturated carbocycles. The first-order valence-corrected chi connectivity index (χ1v) is 8.84. The van der Waals surface area contributed by atoms with Gasteiger partial charge < -0.3 is 5.32 Å². The molecule has 0 aliphatic rings. The largest absolute Gasteiger partial charge is 0.366 e. The molecule has 27 heavy (non-hydrogen) atoms. The summed E-state index contributed by atoms with van der Waals surface area (Å²) in [6.45, 7) is 4.68. The van der Waals surface area contributed by atoms with Gasteiger partial charge in [-0.1, -0.05) is 42.0 Å². The van der Waals surface area contributed by atoms with E-state index in [0.29, 0.717) is 24.6 Å². The Morgan fingerprint density at radius 2 is 1.78 bits per heavy atom. The Morgan fingerprint density at radius 1 is 0.963 bits per heavy atom. The van der Waals surface area contributed by atoms with Crippen molar-refractivity contribution in [3.8, 4) is 0 Å². The van der Waals surface area contributed by atoms with Crippen LogP contribution in [0.1, 0.15) is 28.2 Å². The van der Waals surface area contributed by atoms with Gasteiger partial charge in [0.05, 0.1) is 0 Å². The fourth-order valence-electron chi connectivity index (χ4n) is 2.96. The molecular formula is C21H20FN5. The van der Waals surface area contributed by atoms with Crippen molar-refractivity contribution in [2.45, 2.75) is 26.8 Å². The van der Waals surface area contributed by atoms with Crippen molar-refractivity contribution in [2.24, 2.45) is 0 Å². The second-order valence-corrected chi connectivity index (χ2v) is 6.67. The van der Waals surface area contributed by atoms with Gasteiger partial charge in [0.15, 0.2) is 5.82 Å². The number of rotatable bonds is 5. The number of halogens is 1. The van der Waals surface area contributed by atoms with Crippen LogP contribution in [0, 0.1) is 19.7 Å². The van der Waals surface area contributed by atoms with Crippen LogP contribution >= 0.6 is 0 Å². The second kappa shape index (κ2) is 7.15. The predicted molar refractivity (Wildman–Crippen MR) is 103 cm³/mol. The van der Waals surface area contributed by atoms with Gasteiger partial charge in [0.1, 0.15) is 11.6 Å². The molecule has 1 N–H and O–H groups in total. The molecule has 0 bridgehead atoms. The van der Waals surface area contributed by atoms with Gasteiger partial charge in [-0.3, -0.25) is 0 Å². The van der Waals surface area contributed by atoms with E-state index in [1.54, 1.807) is 10.6 Å². The highest BCUT2D eigenvalue weighted by molar-refractivity contribution is 5.46. The summed E-state index contributed by atoms with van der Waals surface area (Å²) in [4.78, 5) is 8.96. The molecule has 0 saturated heterocycles. The van der Waals surface area contributed by atoms with E-state index >= 15 is 0 Å². The highest BCUT2D eigenvalue weighted by atomic mass is 19.1. The van der Waals surface area contributed by atoms with Gasteiger partial charge in [-0.25, -0.2) is 9.37 Å². The van der Waals surface area contributed by atoms with Gasteiger partial charge in [0.25, 0.3) is 5.78 Å². The Bertz CT molecular complexity index is 1090. The van der Waals surface area contributed by atoms with Crippen LogP contribution < -0.4 is 5.32 Å². The zero-order valence-corrected chi connectivity index (χ0v) is 15.3. The molecule has 0 fully saturated rings. The lowest BCUT2D eigenvalue weighted by Gasteiger charge is -2.09. The summed E-state index contributed by atoms with van der Waals surface area (Å²) in [5.74, 6) is 1.71. The van der Waals surface area contributed by atoms with Gasteiger partial charge in [0, 0.05) is 24.7 Å². The monoisotopic (exact) mass is 361 g/mol. The first-order valence-electron chi connectivity index (χ1n) is 8.84. The molecule has 0 atom stereocenters. The maximum absolute atomic E-state index is 13.4. The molecule has 0 aliphatic heterocycles. The van der Waals surface area contributed by atoms with E-state index in [1.807, 2.05) is 19.1 Å². The maximum Gasteiger partial charge on any atom is 0.254 e. The number of hydrogen-bond acceptors (Lipinski definition) is 4. The average Bonchev–Trinajstić information content (AvgIpc) is 3.03. The van der Waals surface area contributed by atoms with Crippen molar-refractivity contribution in [1.82, 2.24) is 19.6 Å². The summed E-state index contributed by atoms with van der Waals surface area (Å²) in [6.07, 6.45) is 0.456. The number of nitrogens with zero attached hydrogens (tertiary/aromatic N) is 4. The van der Waals surface area contributed by atoms with Crippen molar-refractivity contribution in [2.75, 3.05) is 5.32 Å². The third-order valence-electron chi connectivity index (χ3n) is 4.33. The average molecular weight is 361 g/mol. The van der Waals surface area contributed by atoms with Crippen LogP contribution in [0.3, 0.4) is 0 Å². The minimum atomic E-state index is -0.259. The van der Waals surface area contributed by atoms with Gasteiger partial charge in [-0.2, -0.15) is 9.50 Å². The van der Waals surface area contributed by atoms with E-state index in [2.05, 4.69) is 51.6 Å². The molecule has 0 spiro atoms. The Balaban J connectivity index is 1.60. The van der Waals surface area contributed by atoms with E-state index in [9.17, 15) is 4.39 Å². The number of anilines is 1. The first kappa shape index (κ1) is 17.1. The van der Waals surface area contributed by atoms with E-state index < -0.39 is 0 Å². The highest BCUT2D eigenvalue weighted by Crippen LogP contribution is 2.15. The summed E-state index contributed by atoms with van der Waals surface area (Å²) < 4.78 is 15.1. The normalized spacial score (nSPS) is 11.1. The van der Waals surface area contributed by atoms with Crippen molar-refractivity contribution in [3.05, 3.63) is 88.6 Å². The standard InChI is InChI=1S/C21H20FN5/c1-14-6-8-16(9-7-14)13-23-20-10-15(2)24-21-25-19(26-27(20)21)12-17-4-3-5-18(22)11-17/h3-11,23H,12-13H2,1-2H3. The third-order valence-corrected chi connectivity index (χ3v) is 4.33. The van der Waals surface area contributed by atoms with Crippen molar-refractivity contribution in [1.29, 1.82) is 0 Å². The lowest BCUT2D eigenvalue weighted by Crippen LogP contribution is -2.07. The molecule has 0 aliphatic carbocycles. The minimum absolute atomic E-state index is 0.259. The molecule has 4 rings (SSSR count). The topological polar surface area (TPSA) is 55.1 Å². The number of fused-ring (bicyclic) bond motifs is 1. The highest BCUT2D eigenvalue weighted by Gasteiger charge is 2.11. The lowest BCUT2D eigenvalue weighted by atomic mass is 10.1. The fourth-order valence-corrected chi connectivity index (χ4v) is 2.96. The molecule has 5 nitrogen and oxygen atoms in total. The molecule has 136 valence electrons. The van der Waals surface area contributed by atoms with E-state index in [4.69, 9.17) is 0 Å². The number of hydrogen-bond donors (Lipinski definition) is 1. The predicted octanol–water partition coefficient (Wildman–Crippen LogP) is 4.08. The zero-order chi connectivity index (χ0) is 18.8. The minimum Gasteiger partial charge on any atom is -0.366 e. The smallest absolute Gasteiger partial charge is 0.254 e. The first-order chi connectivity index (χ1) is 13.1. The van der Waals surface area contributed by atoms with Crippen LogP contribution in [-0.4, -0.2) is 19.6 Å². The summed E-state index contributed by atoms with van der Waals surface area (Å²) in [7, 11) is 0. The maximum atomic E-state index is 13.4. The van der Waals surface area contributed by atoms with Crippen molar-refractivity contribution < 1.29 is 4.39 Å². The van der Waals surface area contributed by atoms with Gasteiger partial charge in [-0.05, 0) is 37.1 Å². The number of benzene rings is 2. The summed E-state index contributed by atoms with van der Waals surface area (Å²) in [5.41, 5.74) is 4.11. The van der Waals surface area contributed by atoms with Crippen LogP contribution in [0.5, 0.6) is 0 Å². The van der Waals surface area contributed by atoms with Gasteiger partial charge in [-0.15, -0.1) is 5.10 Å². The Morgan fingerprint density at radius 3 is 2.56 bits per heavy atom. The molecule has 6 heteroatoms. The molecule has 2 aromatic heterocycles. The van der Waals surface area contributed by atoms with E-state index in [1.165, 1.54) is 23.3 Å². The van der Waals surface area contributed by atoms with Gasteiger partial charge in [0.2, 0.25) is 0 Å². The Kier molecular flexibility index (Phi) is 4.54. The molecule has 2 aromatic carbocycles. The summed E-state index contributed by atoms with van der Waals surface area (Å²) >= 11 is 0. The SMILES string of the molecule is Cc1ccc(CNc2cc(C)nc3nc(Cc4cccc(F)c4)nn23)cc1. The van der Waals surface area contributed by atoms with E-state index in [0.717, 1.165) is 17.1 Å². The molecule has 0 radical (unpaired) electrons. The summed E-state index contributed by atoms with van der Waals surface area (Å²) in [5, 5.41) is 7.97. The summed E-state index contributed by atoms with van der Waals surface area (Å²) in [6, 6.07) is 16.8. The molecule has 2 heterocycles. The fraction of sp³-hybridized carbons (Fsp3) is 0.190. The van der Waals surface area contributed by atoms with Crippen LogP contribution in [0.25, 0.3) is 5.78 Å². The van der Waals surface area contributed by atoms with Crippen LogP contribution in [0.2, 0.25) is 0 Å².